The van der Waals surface area contributed by atoms with Crippen LogP contribution in [0.2, 0.25) is 0 Å². The van der Waals surface area contributed by atoms with Crippen molar-refractivity contribution >= 4 is 15.8 Å². The Kier molecular flexibility index (Phi) is 4.92. The summed E-state index contributed by atoms with van der Waals surface area (Å²) in [6.07, 6.45) is 5.12. The number of nitrogens with two attached hydrogens (primary N) is 1. The molecule has 4 N–H and O–H groups in total. The second-order valence-electron chi connectivity index (χ2n) is 4.80. The second-order valence-corrected chi connectivity index (χ2v) is 6.69. The average molecular weight is 300 g/mol. The van der Waals surface area contributed by atoms with Crippen LogP contribution in [0.25, 0.3) is 0 Å². The Morgan fingerprint density at radius 2 is 2.15 bits per heavy atom. The normalized spacial score (nSPS) is 16.8. The molecular formula is C12H20N4O3S. The molecule has 7 nitrogen and oxygen atoms in total. The predicted octanol–water partition coefficient (Wildman–Crippen LogP) is 0.293. The van der Waals surface area contributed by atoms with E-state index in [4.69, 9.17) is 10.9 Å². The summed E-state index contributed by atoms with van der Waals surface area (Å²) >= 11 is 0. The zero-order valence-electron chi connectivity index (χ0n) is 11.2. The van der Waals surface area contributed by atoms with Crippen molar-refractivity contribution in [2.45, 2.75) is 36.6 Å². The molecule has 0 unspecified atom stereocenters. The molecule has 0 saturated heterocycles. The molecule has 1 aliphatic carbocycles. The molecule has 1 heterocycles. The summed E-state index contributed by atoms with van der Waals surface area (Å²) in [7, 11) is -3.64. The zero-order valence-corrected chi connectivity index (χ0v) is 12.0. The fourth-order valence-electron chi connectivity index (χ4n) is 2.58. The van der Waals surface area contributed by atoms with Crippen molar-refractivity contribution in [2.24, 2.45) is 5.84 Å². The molecule has 0 atom stereocenters. The fraction of sp³-hybridized carbons (Fsp3) is 0.583. The molecule has 1 aromatic rings. The molecule has 1 fully saturated rings. The van der Waals surface area contributed by atoms with Crippen molar-refractivity contribution in [3.05, 3.63) is 18.3 Å². The molecule has 1 aliphatic rings. The topological polar surface area (TPSA) is 109 Å². The van der Waals surface area contributed by atoms with Gasteiger partial charge in [0.25, 0.3) is 0 Å². The summed E-state index contributed by atoms with van der Waals surface area (Å²) in [6, 6.07) is 2.80. The van der Waals surface area contributed by atoms with Crippen LogP contribution in [0, 0.1) is 0 Å². The van der Waals surface area contributed by atoms with Crippen LogP contribution in [0.1, 0.15) is 25.7 Å². The Labute approximate surface area is 118 Å². The lowest BCUT2D eigenvalue weighted by Crippen LogP contribution is -2.40. The minimum absolute atomic E-state index is 0.0328. The first-order valence-corrected chi connectivity index (χ1v) is 8.09. The highest BCUT2D eigenvalue weighted by Gasteiger charge is 2.32. The van der Waals surface area contributed by atoms with Gasteiger partial charge in [0.15, 0.2) is 0 Å². The summed E-state index contributed by atoms with van der Waals surface area (Å²) in [5.74, 6) is 5.55. The maximum atomic E-state index is 12.7. The number of hydrazine groups is 1. The SMILES string of the molecule is NNc1cc(S(=O)(=O)N(CCO)C2CCCC2)ccn1. The summed E-state index contributed by atoms with van der Waals surface area (Å²) < 4.78 is 26.8. The third-order valence-electron chi connectivity index (χ3n) is 3.54. The predicted molar refractivity (Wildman–Crippen MR) is 75.3 cm³/mol. The van der Waals surface area contributed by atoms with Gasteiger partial charge in [0.1, 0.15) is 5.82 Å². The van der Waals surface area contributed by atoms with E-state index in [0.29, 0.717) is 5.82 Å². The molecule has 20 heavy (non-hydrogen) atoms. The number of aromatic nitrogens is 1. The Hall–Kier alpha value is -1.22. The number of aliphatic hydroxyl groups excluding tert-OH is 1. The van der Waals surface area contributed by atoms with Crippen molar-refractivity contribution in [1.82, 2.24) is 9.29 Å². The first kappa shape index (κ1) is 15.2. The molecule has 0 aromatic carbocycles. The van der Waals surface area contributed by atoms with Crippen molar-refractivity contribution < 1.29 is 13.5 Å². The molecule has 0 amide bonds. The van der Waals surface area contributed by atoms with Crippen LogP contribution in [0.15, 0.2) is 23.2 Å². The standard InChI is InChI=1S/C12H20N4O3S/c13-15-12-9-11(5-6-14-12)20(18,19)16(7-8-17)10-3-1-2-4-10/h5-6,9-10,17H,1-4,7-8,13H2,(H,14,15). The van der Waals surface area contributed by atoms with Gasteiger partial charge >= 0.3 is 0 Å². The van der Waals surface area contributed by atoms with E-state index in [1.54, 1.807) is 0 Å². The van der Waals surface area contributed by atoms with Gasteiger partial charge in [-0.15, -0.1) is 0 Å². The minimum atomic E-state index is -3.64. The Morgan fingerprint density at radius 1 is 1.45 bits per heavy atom. The monoisotopic (exact) mass is 300 g/mol. The maximum absolute atomic E-state index is 12.7. The molecule has 1 saturated carbocycles. The van der Waals surface area contributed by atoms with E-state index in [2.05, 4.69) is 10.4 Å². The van der Waals surface area contributed by atoms with Crippen LogP contribution in [0.5, 0.6) is 0 Å². The number of sulfonamides is 1. The lowest BCUT2D eigenvalue weighted by molar-refractivity contribution is 0.226. The summed E-state index contributed by atoms with van der Waals surface area (Å²) in [5.41, 5.74) is 2.34. The maximum Gasteiger partial charge on any atom is 0.243 e. The van der Waals surface area contributed by atoms with Crippen LogP contribution >= 0.6 is 0 Å². The highest BCUT2D eigenvalue weighted by atomic mass is 32.2. The van der Waals surface area contributed by atoms with Gasteiger partial charge in [-0.25, -0.2) is 19.2 Å². The summed E-state index contributed by atoms with van der Waals surface area (Å²) in [6.45, 7) is -0.0798. The van der Waals surface area contributed by atoms with E-state index in [1.807, 2.05) is 0 Å². The second kappa shape index (κ2) is 6.49. The number of nitrogen functional groups attached to an aromatic ring is 1. The van der Waals surface area contributed by atoms with E-state index in [0.717, 1.165) is 25.7 Å². The Morgan fingerprint density at radius 3 is 2.75 bits per heavy atom. The number of nitrogens with zero attached hydrogens (tertiary/aromatic N) is 2. The quantitative estimate of drug-likeness (QED) is 0.515. The minimum Gasteiger partial charge on any atom is -0.395 e. The van der Waals surface area contributed by atoms with Gasteiger partial charge in [0.2, 0.25) is 10.0 Å². The number of anilines is 1. The average Bonchev–Trinajstić information content (AvgIpc) is 2.98. The van der Waals surface area contributed by atoms with Gasteiger partial charge in [0.05, 0.1) is 11.5 Å². The number of nitrogens with one attached hydrogen (secondary N) is 1. The van der Waals surface area contributed by atoms with E-state index < -0.39 is 10.0 Å². The molecule has 112 valence electrons. The van der Waals surface area contributed by atoms with Crippen LogP contribution in [-0.2, 0) is 10.0 Å². The summed E-state index contributed by atoms with van der Waals surface area (Å²) in [4.78, 5) is 4.05. The van der Waals surface area contributed by atoms with Crippen LogP contribution < -0.4 is 11.3 Å². The van der Waals surface area contributed by atoms with Crippen molar-refractivity contribution in [1.29, 1.82) is 0 Å². The third kappa shape index (κ3) is 3.09. The van der Waals surface area contributed by atoms with Gasteiger partial charge < -0.3 is 10.5 Å². The van der Waals surface area contributed by atoms with Gasteiger partial charge in [-0.1, -0.05) is 12.8 Å². The number of rotatable bonds is 6. The molecule has 8 heteroatoms. The number of aliphatic hydroxyl groups is 1. The first-order chi connectivity index (χ1) is 9.59. The lowest BCUT2D eigenvalue weighted by atomic mass is 10.2. The van der Waals surface area contributed by atoms with Crippen molar-refractivity contribution in [3.63, 3.8) is 0 Å². The molecule has 2 rings (SSSR count). The van der Waals surface area contributed by atoms with E-state index in [1.165, 1.54) is 22.6 Å². The Bertz CT molecular complexity index is 543. The van der Waals surface area contributed by atoms with Crippen LogP contribution in [-0.4, -0.2) is 42.0 Å². The largest absolute Gasteiger partial charge is 0.395 e. The number of hydrogen-bond donors (Lipinski definition) is 3. The highest BCUT2D eigenvalue weighted by molar-refractivity contribution is 7.89. The fourth-order valence-corrected chi connectivity index (χ4v) is 4.27. The Balaban J connectivity index is 2.33. The van der Waals surface area contributed by atoms with E-state index in [9.17, 15) is 8.42 Å². The van der Waals surface area contributed by atoms with E-state index >= 15 is 0 Å². The smallest absolute Gasteiger partial charge is 0.243 e. The lowest BCUT2D eigenvalue weighted by Gasteiger charge is -2.27. The molecule has 0 radical (unpaired) electrons. The summed E-state index contributed by atoms with van der Waals surface area (Å²) in [5, 5.41) is 9.16. The van der Waals surface area contributed by atoms with Gasteiger partial charge in [-0.3, -0.25) is 0 Å². The first-order valence-electron chi connectivity index (χ1n) is 6.65. The van der Waals surface area contributed by atoms with Gasteiger partial charge in [-0.05, 0) is 18.9 Å². The number of hydrogen-bond acceptors (Lipinski definition) is 6. The van der Waals surface area contributed by atoms with Gasteiger partial charge in [0, 0.05) is 24.8 Å². The molecule has 0 bridgehead atoms. The molecule has 0 aliphatic heterocycles. The third-order valence-corrected chi connectivity index (χ3v) is 5.49. The molecule has 1 aromatic heterocycles. The van der Waals surface area contributed by atoms with E-state index in [-0.39, 0.29) is 24.1 Å². The number of pyridine rings is 1. The zero-order chi connectivity index (χ0) is 14.6. The van der Waals surface area contributed by atoms with Crippen LogP contribution in [0.4, 0.5) is 5.82 Å². The molecule has 0 spiro atoms. The molecular weight excluding hydrogens is 280 g/mol. The highest BCUT2D eigenvalue weighted by Crippen LogP contribution is 2.28. The van der Waals surface area contributed by atoms with Gasteiger partial charge in [-0.2, -0.15) is 4.31 Å². The van der Waals surface area contributed by atoms with Crippen LogP contribution in [0.3, 0.4) is 0 Å². The van der Waals surface area contributed by atoms with Crippen molar-refractivity contribution in [3.8, 4) is 0 Å². The van der Waals surface area contributed by atoms with Crippen molar-refractivity contribution in [2.75, 3.05) is 18.6 Å².